The Bertz CT molecular complexity index is 4070. The van der Waals surface area contributed by atoms with Gasteiger partial charge in [0.2, 0.25) is 0 Å². The molecule has 13 rings (SSSR count). The van der Waals surface area contributed by atoms with E-state index in [9.17, 15) is 0 Å². The minimum Gasteiger partial charge on any atom is -0.228 e. The first-order chi connectivity index (χ1) is 36.7. The number of benzene rings is 11. The number of aromatic nitrogens is 5. The number of rotatable bonds is 10. The summed E-state index contributed by atoms with van der Waals surface area (Å²) in [7, 11) is 0. The number of hydrogen-bond donors (Lipinski definition) is 0. The number of fused-ring (bicyclic) bond motifs is 2. The van der Waals surface area contributed by atoms with Crippen molar-refractivity contribution in [3.63, 3.8) is 0 Å². The van der Waals surface area contributed by atoms with Crippen LogP contribution in [-0.2, 0) is 0 Å². The summed E-state index contributed by atoms with van der Waals surface area (Å²) in [5.74, 6) is 2.57. The zero-order valence-corrected chi connectivity index (χ0v) is 40.2. The molecule has 0 N–H and O–H groups in total. The van der Waals surface area contributed by atoms with Crippen LogP contribution in [0.4, 0.5) is 0 Å². The van der Waals surface area contributed by atoms with Gasteiger partial charge in [-0.2, -0.15) is 0 Å². The molecule has 11 aromatic carbocycles. The summed E-state index contributed by atoms with van der Waals surface area (Å²) in [5, 5.41) is 4.71. The largest absolute Gasteiger partial charge is 0.228 e. The maximum absolute atomic E-state index is 5.19. The van der Waals surface area contributed by atoms with Crippen molar-refractivity contribution in [2.24, 2.45) is 0 Å². The molecule has 0 bridgehead atoms. The second-order valence-electron chi connectivity index (χ2n) is 18.4. The molecule has 13 aromatic rings. The first-order valence-corrected chi connectivity index (χ1v) is 24.9. The van der Waals surface area contributed by atoms with Gasteiger partial charge in [-0.25, -0.2) is 24.9 Å². The Hall–Kier alpha value is -9.97. The van der Waals surface area contributed by atoms with Gasteiger partial charge in [-0.3, -0.25) is 0 Å². The molecule has 5 heteroatoms. The van der Waals surface area contributed by atoms with Gasteiger partial charge in [0.15, 0.2) is 23.3 Å². The third-order valence-electron chi connectivity index (χ3n) is 13.8. The van der Waals surface area contributed by atoms with Crippen molar-refractivity contribution >= 4 is 21.5 Å². The minimum atomic E-state index is 0.620. The fourth-order valence-corrected chi connectivity index (χ4v) is 10.0. The molecule has 74 heavy (non-hydrogen) atoms. The SMILES string of the molecule is c1ccc(-c2ccc(-c3cc(-c4ccc(-c5ccc6ccccc6c5-c5c(-c6ccc(-c7nc(-c8ccccc8)nc(-c8ccccc8)n7)cc6)ccc6ccccc56)cc4)nc(-c4ccccc4)n3)cc2)cc1. The summed E-state index contributed by atoms with van der Waals surface area (Å²) in [5.41, 5.74) is 16.7. The third-order valence-corrected chi connectivity index (χ3v) is 13.8. The van der Waals surface area contributed by atoms with Crippen LogP contribution in [0.1, 0.15) is 0 Å². The van der Waals surface area contributed by atoms with E-state index in [2.05, 4.69) is 188 Å². The van der Waals surface area contributed by atoms with Crippen LogP contribution in [0, 0.1) is 0 Å². The van der Waals surface area contributed by atoms with Crippen molar-refractivity contribution in [1.29, 1.82) is 0 Å². The van der Waals surface area contributed by atoms with E-state index in [-0.39, 0.29) is 0 Å². The van der Waals surface area contributed by atoms with E-state index in [1.807, 2.05) is 84.9 Å². The minimum absolute atomic E-state index is 0.620. The Morgan fingerprint density at radius 1 is 0.189 bits per heavy atom. The first-order valence-electron chi connectivity index (χ1n) is 24.9. The lowest BCUT2D eigenvalue weighted by molar-refractivity contribution is 1.07. The van der Waals surface area contributed by atoms with Crippen LogP contribution in [0.3, 0.4) is 0 Å². The Balaban J connectivity index is 0.917. The maximum atomic E-state index is 5.19. The summed E-state index contributed by atoms with van der Waals surface area (Å²) in [6.07, 6.45) is 0. The molecule has 0 aliphatic heterocycles. The zero-order valence-electron chi connectivity index (χ0n) is 40.2. The molecule has 0 saturated heterocycles. The molecule has 0 unspecified atom stereocenters. The summed E-state index contributed by atoms with van der Waals surface area (Å²) >= 11 is 0. The summed E-state index contributed by atoms with van der Waals surface area (Å²) in [6, 6.07) is 95.7. The van der Waals surface area contributed by atoms with Crippen molar-refractivity contribution in [3.05, 3.63) is 273 Å². The quantitative estimate of drug-likeness (QED) is 0.137. The highest BCUT2D eigenvalue weighted by Gasteiger charge is 2.21. The molecule has 0 spiro atoms. The van der Waals surface area contributed by atoms with E-state index in [4.69, 9.17) is 24.9 Å². The van der Waals surface area contributed by atoms with Crippen molar-refractivity contribution in [2.45, 2.75) is 0 Å². The van der Waals surface area contributed by atoms with Gasteiger partial charge in [0.25, 0.3) is 0 Å². The molecule has 0 amide bonds. The van der Waals surface area contributed by atoms with Gasteiger partial charge < -0.3 is 0 Å². The lowest BCUT2D eigenvalue weighted by atomic mass is 9.83. The van der Waals surface area contributed by atoms with E-state index < -0.39 is 0 Å². The molecular weight excluding hydrogens is 899 g/mol. The second kappa shape index (κ2) is 19.3. The molecule has 0 saturated carbocycles. The van der Waals surface area contributed by atoms with Crippen LogP contribution in [0.25, 0.3) is 134 Å². The molecule has 0 fully saturated rings. The van der Waals surface area contributed by atoms with E-state index in [0.717, 1.165) is 72.6 Å². The lowest BCUT2D eigenvalue weighted by Gasteiger charge is -2.20. The fourth-order valence-electron chi connectivity index (χ4n) is 10.0. The molecule has 0 aliphatic carbocycles. The summed E-state index contributed by atoms with van der Waals surface area (Å²) < 4.78 is 0. The van der Waals surface area contributed by atoms with Crippen LogP contribution < -0.4 is 0 Å². The summed E-state index contributed by atoms with van der Waals surface area (Å²) in [4.78, 5) is 25.3. The average Bonchev–Trinajstić information content (AvgIpc) is 3.49. The molecule has 2 aromatic heterocycles. The van der Waals surface area contributed by atoms with Crippen molar-refractivity contribution in [3.8, 4) is 113 Å². The van der Waals surface area contributed by atoms with Gasteiger partial charge in [0.1, 0.15) is 0 Å². The molecule has 0 atom stereocenters. The first kappa shape index (κ1) is 44.0. The van der Waals surface area contributed by atoms with Gasteiger partial charge in [-0.05, 0) is 72.1 Å². The predicted octanol–water partition coefficient (Wildman–Crippen LogP) is 17.6. The van der Waals surface area contributed by atoms with Gasteiger partial charge in [-0.15, -0.1) is 0 Å². The predicted molar refractivity (Wildman–Crippen MR) is 305 cm³/mol. The molecule has 0 aliphatic rings. The number of hydrogen-bond acceptors (Lipinski definition) is 5. The van der Waals surface area contributed by atoms with Gasteiger partial charge in [-0.1, -0.05) is 267 Å². The highest BCUT2D eigenvalue weighted by molar-refractivity contribution is 6.15. The van der Waals surface area contributed by atoms with Crippen molar-refractivity contribution < 1.29 is 0 Å². The van der Waals surface area contributed by atoms with Crippen LogP contribution in [0.15, 0.2) is 273 Å². The van der Waals surface area contributed by atoms with E-state index in [1.54, 1.807) is 0 Å². The van der Waals surface area contributed by atoms with Gasteiger partial charge in [0.05, 0.1) is 11.4 Å². The molecule has 2 heterocycles. The summed E-state index contributed by atoms with van der Waals surface area (Å²) in [6.45, 7) is 0. The second-order valence-corrected chi connectivity index (χ2v) is 18.4. The Morgan fingerprint density at radius 2 is 0.473 bits per heavy atom. The molecule has 5 nitrogen and oxygen atoms in total. The maximum Gasteiger partial charge on any atom is 0.164 e. The Labute approximate surface area is 429 Å². The zero-order chi connectivity index (χ0) is 49.2. The highest BCUT2D eigenvalue weighted by Crippen LogP contribution is 2.46. The molecule has 0 radical (unpaired) electrons. The standard InChI is InChI=1S/C69H45N5/c1-5-17-46(18-6-1)47-29-35-52(36-30-47)62-45-63(71-66(70-62)54-21-7-2-8-22-54)53-37-31-50(32-38-53)60-43-41-48-19-13-15-27-58(48)64(60)65-59-28-16-14-20-49(59)42-44-61(65)51-33-39-57(40-34-51)69-73-67(55-23-9-3-10-24-55)72-68(74-69)56-25-11-4-12-26-56/h1-45H. The third kappa shape index (κ3) is 8.59. The topological polar surface area (TPSA) is 64.5 Å². The molecular formula is C69H45N5. The Kier molecular flexibility index (Phi) is 11.5. The Morgan fingerprint density at radius 3 is 0.878 bits per heavy atom. The van der Waals surface area contributed by atoms with E-state index >= 15 is 0 Å². The van der Waals surface area contributed by atoms with Crippen LogP contribution in [-0.4, -0.2) is 24.9 Å². The van der Waals surface area contributed by atoms with Gasteiger partial charge in [0, 0.05) is 33.4 Å². The average molecular weight is 944 g/mol. The monoisotopic (exact) mass is 943 g/mol. The highest BCUT2D eigenvalue weighted by atomic mass is 15.0. The number of nitrogens with zero attached hydrogens (tertiary/aromatic N) is 5. The normalized spacial score (nSPS) is 11.2. The van der Waals surface area contributed by atoms with Crippen LogP contribution in [0.5, 0.6) is 0 Å². The van der Waals surface area contributed by atoms with Crippen LogP contribution in [0.2, 0.25) is 0 Å². The van der Waals surface area contributed by atoms with Crippen LogP contribution >= 0.6 is 0 Å². The van der Waals surface area contributed by atoms with Crippen molar-refractivity contribution in [1.82, 2.24) is 24.9 Å². The van der Waals surface area contributed by atoms with E-state index in [1.165, 1.54) is 38.2 Å². The fraction of sp³-hybridized carbons (Fsp3) is 0. The van der Waals surface area contributed by atoms with E-state index in [0.29, 0.717) is 23.3 Å². The lowest BCUT2D eigenvalue weighted by Crippen LogP contribution is -2.00. The smallest absolute Gasteiger partial charge is 0.164 e. The van der Waals surface area contributed by atoms with Gasteiger partial charge >= 0.3 is 0 Å². The van der Waals surface area contributed by atoms with Crippen molar-refractivity contribution in [2.75, 3.05) is 0 Å². The molecule has 346 valence electrons.